The fourth-order valence-corrected chi connectivity index (χ4v) is 3.71. The summed E-state index contributed by atoms with van der Waals surface area (Å²) in [6.07, 6.45) is 3.16. The van der Waals surface area contributed by atoms with Crippen LogP contribution in [0.1, 0.15) is 17.0 Å². The third kappa shape index (κ3) is 5.24. The number of nitrogens with one attached hydrogen (secondary N) is 1. The molecule has 0 aliphatic rings. The van der Waals surface area contributed by atoms with Crippen molar-refractivity contribution >= 4 is 39.7 Å². The van der Waals surface area contributed by atoms with Crippen molar-refractivity contribution in [3.63, 3.8) is 0 Å². The van der Waals surface area contributed by atoms with Gasteiger partial charge in [0.05, 0.1) is 7.11 Å². The number of hydrogen-bond acceptors (Lipinski definition) is 5. The minimum Gasteiger partial charge on any atom is -0.496 e. The van der Waals surface area contributed by atoms with Crippen LogP contribution in [0.25, 0.3) is 6.08 Å². The zero-order valence-corrected chi connectivity index (χ0v) is 17.8. The van der Waals surface area contributed by atoms with Crippen LogP contribution in [0.4, 0.5) is 0 Å². The van der Waals surface area contributed by atoms with Crippen LogP contribution in [0, 0.1) is 6.92 Å². The lowest BCUT2D eigenvalue weighted by Gasteiger charge is -2.09. The van der Waals surface area contributed by atoms with E-state index in [0.717, 1.165) is 15.8 Å². The molecule has 2 aromatic carbocycles. The summed E-state index contributed by atoms with van der Waals surface area (Å²) in [6.45, 7) is 1.79. The number of methoxy groups -OCH3 is 1. The molecule has 3 rings (SSSR count). The van der Waals surface area contributed by atoms with Crippen LogP contribution in [-0.4, -0.2) is 27.9 Å². The predicted octanol–water partition coefficient (Wildman–Crippen LogP) is 4.43. The SMILES string of the molecule is COc1ccc(Br)cc1C=CC(=O)Nn1c(C)nnc1SCc1ccccc1. The first kappa shape index (κ1) is 20.2. The van der Waals surface area contributed by atoms with Gasteiger partial charge in [-0.2, -0.15) is 0 Å². The van der Waals surface area contributed by atoms with E-state index in [4.69, 9.17) is 4.74 Å². The molecular formula is C20H19BrN4O2S. The van der Waals surface area contributed by atoms with E-state index in [0.29, 0.717) is 16.7 Å². The molecule has 1 N–H and O–H groups in total. The number of halogens is 1. The van der Waals surface area contributed by atoms with Crippen molar-refractivity contribution in [2.45, 2.75) is 17.8 Å². The molecule has 0 fully saturated rings. The van der Waals surface area contributed by atoms with Crippen LogP contribution in [0.5, 0.6) is 5.75 Å². The number of nitrogens with zero attached hydrogens (tertiary/aromatic N) is 3. The van der Waals surface area contributed by atoms with Crippen LogP contribution in [-0.2, 0) is 10.5 Å². The first-order chi connectivity index (χ1) is 13.6. The molecule has 0 bridgehead atoms. The summed E-state index contributed by atoms with van der Waals surface area (Å²) in [5.74, 6) is 1.75. The van der Waals surface area contributed by atoms with E-state index < -0.39 is 0 Å². The monoisotopic (exact) mass is 458 g/mol. The zero-order valence-electron chi connectivity index (χ0n) is 15.4. The van der Waals surface area contributed by atoms with Gasteiger partial charge in [0.15, 0.2) is 0 Å². The Morgan fingerprint density at radius 1 is 1.25 bits per heavy atom. The largest absolute Gasteiger partial charge is 0.496 e. The molecule has 0 aliphatic carbocycles. The number of amides is 1. The first-order valence-electron chi connectivity index (χ1n) is 8.48. The molecule has 144 valence electrons. The maximum Gasteiger partial charge on any atom is 0.262 e. The van der Waals surface area contributed by atoms with Crippen molar-refractivity contribution in [3.05, 3.63) is 76.0 Å². The molecule has 0 unspecified atom stereocenters. The van der Waals surface area contributed by atoms with E-state index in [2.05, 4.69) is 31.6 Å². The molecule has 1 aromatic heterocycles. The Hall–Kier alpha value is -2.58. The predicted molar refractivity (Wildman–Crippen MR) is 115 cm³/mol. The van der Waals surface area contributed by atoms with E-state index in [9.17, 15) is 4.79 Å². The molecule has 6 nitrogen and oxygen atoms in total. The fourth-order valence-electron chi connectivity index (χ4n) is 2.44. The minimum absolute atomic E-state index is 0.286. The number of carbonyl (C=O) groups excluding carboxylic acids is 1. The van der Waals surface area contributed by atoms with Gasteiger partial charge in [-0.25, -0.2) is 4.68 Å². The van der Waals surface area contributed by atoms with Crippen molar-refractivity contribution < 1.29 is 9.53 Å². The Morgan fingerprint density at radius 3 is 2.79 bits per heavy atom. The summed E-state index contributed by atoms with van der Waals surface area (Å²) in [6, 6.07) is 15.7. The third-order valence-corrected chi connectivity index (χ3v) is 5.33. The van der Waals surface area contributed by atoms with Crippen LogP contribution in [0.2, 0.25) is 0 Å². The van der Waals surface area contributed by atoms with Crippen molar-refractivity contribution in [2.75, 3.05) is 12.5 Å². The van der Waals surface area contributed by atoms with E-state index in [1.54, 1.807) is 24.8 Å². The quantitative estimate of drug-likeness (QED) is 0.418. The van der Waals surface area contributed by atoms with E-state index in [1.807, 2.05) is 48.5 Å². The average Bonchev–Trinajstić information content (AvgIpc) is 3.05. The van der Waals surface area contributed by atoms with Gasteiger partial charge in [0.25, 0.3) is 5.91 Å². The topological polar surface area (TPSA) is 69.0 Å². The lowest BCUT2D eigenvalue weighted by Crippen LogP contribution is -2.22. The molecule has 1 heterocycles. The summed E-state index contributed by atoms with van der Waals surface area (Å²) in [5.41, 5.74) is 4.78. The smallest absolute Gasteiger partial charge is 0.262 e. The standard InChI is InChI=1S/C20H19BrN4O2S/c1-14-22-23-20(28-13-15-6-4-3-5-7-15)25(14)24-19(26)11-8-16-12-17(21)9-10-18(16)27-2/h3-12H,13H2,1-2H3,(H,24,26). The Kier molecular flexibility index (Phi) is 6.89. The highest BCUT2D eigenvalue weighted by Crippen LogP contribution is 2.24. The lowest BCUT2D eigenvalue weighted by molar-refractivity contribution is -0.112. The number of aromatic nitrogens is 3. The summed E-state index contributed by atoms with van der Waals surface area (Å²) in [7, 11) is 1.59. The van der Waals surface area contributed by atoms with Crippen LogP contribution < -0.4 is 10.2 Å². The van der Waals surface area contributed by atoms with Gasteiger partial charge < -0.3 is 4.74 Å². The van der Waals surface area contributed by atoms with E-state index >= 15 is 0 Å². The zero-order chi connectivity index (χ0) is 19.9. The molecule has 8 heteroatoms. The van der Waals surface area contributed by atoms with E-state index in [1.165, 1.54) is 23.4 Å². The van der Waals surface area contributed by atoms with Crippen molar-refractivity contribution in [1.29, 1.82) is 0 Å². The van der Waals surface area contributed by atoms with Crippen LogP contribution in [0.3, 0.4) is 0 Å². The summed E-state index contributed by atoms with van der Waals surface area (Å²) in [4.78, 5) is 12.4. The highest BCUT2D eigenvalue weighted by atomic mass is 79.9. The van der Waals surface area contributed by atoms with Crippen LogP contribution >= 0.6 is 27.7 Å². The Bertz CT molecular complexity index is 989. The van der Waals surface area contributed by atoms with Crippen LogP contribution in [0.15, 0.2) is 64.2 Å². The third-order valence-electron chi connectivity index (χ3n) is 3.83. The minimum atomic E-state index is -0.286. The average molecular weight is 459 g/mol. The highest BCUT2D eigenvalue weighted by Gasteiger charge is 2.11. The number of benzene rings is 2. The molecule has 0 atom stereocenters. The van der Waals surface area contributed by atoms with Gasteiger partial charge in [-0.15, -0.1) is 10.2 Å². The number of hydrogen-bond donors (Lipinski definition) is 1. The summed E-state index contributed by atoms with van der Waals surface area (Å²) < 4.78 is 7.82. The Labute approximate surface area is 176 Å². The molecule has 0 spiro atoms. The van der Waals surface area contributed by atoms with Gasteiger partial charge in [0.1, 0.15) is 11.6 Å². The lowest BCUT2D eigenvalue weighted by atomic mass is 10.2. The Morgan fingerprint density at radius 2 is 2.04 bits per heavy atom. The van der Waals surface area contributed by atoms with E-state index in [-0.39, 0.29) is 5.91 Å². The first-order valence-corrected chi connectivity index (χ1v) is 10.3. The number of aryl methyl sites for hydroxylation is 1. The second-order valence-electron chi connectivity index (χ2n) is 5.84. The number of ether oxygens (including phenoxy) is 1. The molecule has 3 aromatic rings. The second-order valence-corrected chi connectivity index (χ2v) is 7.69. The molecule has 0 saturated heterocycles. The molecule has 1 amide bonds. The highest BCUT2D eigenvalue weighted by molar-refractivity contribution is 9.10. The molecule has 28 heavy (non-hydrogen) atoms. The van der Waals surface area contributed by atoms with Gasteiger partial charge in [-0.1, -0.05) is 58.0 Å². The summed E-state index contributed by atoms with van der Waals surface area (Å²) >= 11 is 4.93. The van der Waals surface area contributed by atoms with Gasteiger partial charge >= 0.3 is 0 Å². The van der Waals surface area contributed by atoms with Gasteiger partial charge in [0.2, 0.25) is 5.16 Å². The van der Waals surface area contributed by atoms with Crippen molar-refractivity contribution in [2.24, 2.45) is 0 Å². The van der Waals surface area contributed by atoms with Crippen molar-refractivity contribution in [3.8, 4) is 5.75 Å². The molecule has 0 radical (unpaired) electrons. The number of rotatable bonds is 7. The molecule has 0 saturated carbocycles. The second kappa shape index (κ2) is 9.57. The number of thioether (sulfide) groups is 1. The number of carbonyl (C=O) groups is 1. The van der Waals surface area contributed by atoms with Gasteiger partial charge in [0, 0.05) is 21.9 Å². The van der Waals surface area contributed by atoms with Crippen molar-refractivity contribution in [1.82, 2.24) is 14.9 Å². The fraction of sp³-hybridized carbons (Fsp3) is 0.150. The van der Waals surface area contributed by atoms with Gasteiger partial charge in [-0.05, 0) is 36.8 Å². The summed E-state index contributed by atoms with van der Waals surface area (Å²) in [5, 5.41) is 8.85. The maximum absolute atomic E-state index is 12.4. The molecular weight excluding hydrogens is 440 g/mol. The van der Waals surface area contributed by atoms with Gasteiger partial charge in [-0.3, -0.25) is 10.2 Å². The Balaban J connectivity index is 1.69. The maximum atomic E-state index is 12.4. The normalized spacial score (nSPS) is 11.0. The molecule has 0 aliphatic heterocycles.